The van der Waals surface area contributed by atoms with Gasteiger partial charge in [0.2, 0.25) is 11.8 Å². The zero-order valence-corrected chi connectivity index (χ0v) is 18.0. The van der Waals surface area contributed by atoms with Crippen molar-refractivity contribution in [2.75, 3.05) is 18.6 Å². The van der Waals surface area contributed by atoms with E-state index in [1.165, 1.54) is 0 Å². The summed E-state index contributed by atoms with van der Waals surface area (Å²) in [7, 11) is 3.44. The number of carbonyl (C=O) groups is 2. The molecule has 1 aliphatic heterocycles. The van der Waals surface area contributed by atoms with Crippen molar-refractivity contribution in [3.63, 3.8) is 0 Å². The predicted octanol–water partition coefficient (Wildman–Crippen LogP) is 3.34. The second-order valence-electron chi connectivity index (χ2n) is 7.47. The van der Waals surface area contributed by atoms with Crippen molar-refractivity contribution in [1.82, 2.24) is 14.9 Å². The van der Waals surface area contributed by atoms with Crippen LogP contribution in [0.4, 0.5) is 5.69 Å². The number of para-hydroxylation sites is 2. The standard InChI is InChI=1S/C23H23ClN4O3/c1-27-12-11-25-22(27)21(15-7-9-17(24)10-8-15)26-23(30)16-13-20(29)28(14-16)18-5-3-4-6-19(18)31-2/h3-12,16,21H,13-14H2,1-2H3,(H,26,30). The fourth-order valence-corrected chi connectivity index (χ4v) is 3.96. The van der Waals surface area contributed by atoms with Gasteiger partial charge in [0, 0.05) is 37.4 Å². The second-order valence-corrected chi connectivity index (χ2v) is 7.90. The summed E-state index contributed by atoms with van der Waals surface area (Å²) in [5.74, 6) is 0.511. The Labute approximate surface area is 185 Å². The lowest BCUT2D eigenvalue weighted by molar-refractivity contribution is -0.126. The van der Waals surface area contributed by atoms with Gasteiger partial charge in [-0.15, -0.1) is 0 Å². The molecule has 2 unspecified atom stereocenters. The van der Waals surface area contributed by atoms with Crippen LogP contribution < -0.4 is 15.0 Å². The largest absolute Gasteiger partial charge is 0.495 e. The minimum Gasteiger partial charge on any atom is -0.495 e. The highest BCUT2D eigenvalue weighted by Gasteiger charge is 2.37. The summed E-state index contributed by atoms with van der Waals surface area (Å²) in [4.78, 5) is 31.9. The fraction of sp³-hybridized carbons (Fsp3) is 0.261. The minimum atomic E-state index is -0.479. The molecule has 4 rings (SSSR count). The number of carbonyl (C=O) groups excluding carboxylic acids is 2. The van der Waals surface area contributed by atoms with Crippen LogP contribution in [0.15, 0.2) is 60.9 Å². The van der Waals surface area contributed by atoms with E-state index >= 15 is 0 Å². The van der Waals surface area contributed by atoms with Crippen LogP contribution in [0.2, 0.25) is 5.02 Å². The average Bonchev–Trinajstić information content (AvgIpc) is 3.38. The number of halogens is 1. The van der Waals surface area contributed by atoms with Crippen LogP contribution in [0.3, 0.4) is 0 Å². The van der Waals surface area contributed by atoms with E-state index in [2.05, 4.69) is 10.3 Å². The van der Waals surface area contributed by atoms with Gasteiger partial charge < -0.3 is 19.5 Å². The Morgan fingerprint density at radius 3 is 2.65 bits per heavy atom. The Morgan fingerprint density at radius 1 is 1.23 bits per heavy atom. The SMILES string of the molecule is COc1ccccc1N1CC(C(=O)NC(c2ccc(Cl)cc2)c2nccn2C)CC1=O. The summed E-state index contributed by atoms with van der Waals surface area (Å²) in [6.07, 6.45) is 3.65. The Balaban J connectivity index is 1.56. The van der Waals surface area contributed by atoms with Crippen LogP contribution in [0.1, 0.15) is 23.9 Å². The highest BCUT2D eigenvalue weighted by molar-refractivity contribution is 6.30. The third-order valence-electron chi connectivity index (χ3n) is 5.48. The molecule has 1 aliphatic rings. The molecule has 2 aromatic carbocycles. The van der Waals surface area contributed by atoms with Crippen LogP contribution in [-0.4, -0.2) is 35.0 Å². The number of aromatic nitrogens is 2. The first-order valence-corrected chi connectivity index (χ1v) is 10.3. The van der Waals surface area contributed by atoms with E-state index in [9.17, 15) is 9.59 Å². The zero-order chi connectivity index (χ0) is 22.0. The number of anilines is 1. The summed E-state index contributed by atoms with van der Waals surface area (Å²) in [5.41, 5.74) is 1.53. The quantitative estimate of drug-likeness (QED) is 0.640. The number of nitrogens with zero attached hydrogens (tertiary/aromatic N) is 3. The van der Waals surface area contributed by atoms with Gasteiger partial charge in [-0.1, -0.05) is 35.9 Å². The number of aryl methyl sites for hydroxylation is 1. The molecular weight excluding hydrogens is 416 g/mol. The predicted molar refractivity (Wildman–Crippen MR) is 118 cm³/mol. The van der Waals surface area contributed by atoms with Gasteiger partial charge in [-0.3, -0.25) is 9.59 Å². The number of hydrogen-bond donors (Lipinski definition) is 1. The van der Waals surface area contributed by atoms with E-state index in [1.807, 2.05) is 48.1 Å². The van der Waals surface area contributed by atoms with Crippen LogP contribution in [0.5, 0.6) is 5.75 Å². The molecular formula is C23H23ClN4O3. The highest BCUT2D eigenvalue weighted by Crippen LogP contribution is 2.33. The first kappa shape index (κ1) is 20.9. The van der Waals surface area contributed by atoms with E-state index in [0.717, 1.165) is 5.56 Å². The van der Waals surface area contributed by atoms with Gasteiger partial charge >= 0.3 is 0 Å². The molecule has 0 saturated carbocycles. The molecule has 1 fully saturated rings. The number of nitrogens with one attached hydrogen (secondary N) is 1. The molecule has 7 nitrogen and oxygen atoms in total. The minimum absolute atomic E-state index is 0.107. The second kappa shape index (κ2) is 8.81. The van der Waals surface area contributed by atoms with Gasteiger partial charge in [0.25, 0.3) is 0 Å². The van der Waals surface area contributed by atoms with Crippen molar-refractivity contribution in [2.45, 2.75) is 12.5 Å². The van der Waals surface area contributed by atoms with Crippen LogP contribution >= 0.6 is 11.6 Å². The smallest absolute Gasteiger partial charge is 0.227 e. The van der Waals surface area contributed by atoms with Crippen molar-refractivity contribution in [3.8, 4) is 5.75 Å². The highest BCUT2D eigenvalue weighted by atomic mass is 35.5. The van der Waals surface area contributed by atoms with Gasteiger partial charge in [0.1, 0.15) is 17.6 Å². The van der Waals surface area contributed by atoms with Crippen molar-refractivity contribution in [1.29, 1.82) is 0 Å². The maximum atomic E-state index is 13.2. The lowest BCUT2D eigenvalue weighted by atomic mass is 10.0. The summed E-state index contributed by atoms with van der Waals surface area (Å²) >= 11 is 6.04. The van der Waals surface area contributed by atoms with E-state index in [4.69, 9.17) is 16.3 Å². The van der Waals surface area contributed by atoms with E-state index in [0.29, 0.717) is 28.8 Å². The summed E-state index contributed by atoms with van der Waals surface area (Å²) in [6, 6.07) is 14.1. The molecule has 2 heterocycles. The topological polar surface area (TPSA) is 76.5 Å². The molecule has 2 atom stereocenters. The summed E-state index contributed by atoms with van der Waals surface area (Å²) < 4.78 is 7.24. The average molecular weight is 439 g/mol. The molecule has 2 amide bonds. The van der Waals surface area contributed by atoms with Gasteiger partial charge in [-0.2, -0.15) is 0 Å². The van der Waals surface area contributed by atoms with E-state index < -0.39 is 12.0 Å². The maximum absolute atomic E-state index is 13.2. The molecule has 160 valence electrons. The molecule has 1 aromatic heterocycles. The Kier molecular flexibility index (Phi) is 5.95. The summed E-state index contributed by atoms with van der Waals surface area (Å²) in [5, 5.41) is 3.70. The van der Waals surface area contributed by atoms with Gasteiger partial charge in [0.05, 0.1) is 18.7 Å². The molecule has 0 radical (unpaired) electrons. The summed E-state index contributed by atoms with van der Waals surface area (Å²) in [6.45, 7) is 0.291. The maximum Gasteiger partial charge on any atom is 0.227 e. The Morgan fingerprint density at radius 2 is 1.97 bits per heavy atom. The fourth-order valence-electron chi connectivity index (χ4n) is 3.84. The zero-order valence-electron chi connectivity index (χ0n) is 17.3. The van der Waals surface area contributed by atoms with Crippen molar-refractivity contribution < 1.29 is 14.3 Å². The number of benzene rings is 2. The molecule has 31 heavy (non-hydrogen) atoms. The third-order valence-corrected chi connectivity index (χ3v) is 5.73. The molecule has 0 spiro atoms. The van der Waals surface area contributed by atoms with Crippen LogP contribution in [-0.2, 0) is 16.6 Å². The Bertz CT molecular complexity index is 1100. The normalized spacial score (nSPS) is 16.9. The first-order valence-electron chi connectivity index (χ1n) is 9.94. The lowest BCUT2D eigenvalue weighted by Crippen LogP contribution is -2.37. The van der Waals surface area contributed by atoms with Crippen LogP contribution in [0.25, 0.3) is 0 Å². The van der Waals surface area contributed by atoms with Crippen molar-refractivity contribution >= 4 is 29.1 Å². The third kappa shape index (κ3) is 4.27. The van der Waals surface area contributed by atoms with Crippen molar-refractivity contribution in [3.05, 3.63) is 77.3 Å². The first-order chi connectivity index (χ1) is 15.0. The molecule has 1 saturated heterocycles. The van der Waals surface area contributed by atoms with E-state index in [1.54, 1.807) is 36.4 Å². The number of ether oxygens (including phenoxy) is 1. The molecule has 0 aliphatic carbocycles. The number of rotatable bonds is 6. The van der Waals surface area contributed by atoms with Crippen LogP contribution in [0, 0.1) is 5.92 Å². The monoisotopic (exact) mass is 438 g/mol. The van der Waals surface area contributed by atoms with Gasteiger partial charge in [-0.25, -0.2) is 4.98 Å². The lowest BCUT2D eigenvalue weighted by Gasteiger charge is -2.22. The van der Waals surface area contributed by atoms with Crippen molar-refractivity contribution in [2.24, 2.45) is 13.0 Å². The molecule has 0 bridgehead atoms. The van der Waals surface area contributed by atoms with Gasteiger partial charge in [-0.05, 0) is 29.8 Å². The number of amides is 2. The number of hydrogen-bond acceptors (Lipinski definition) is 4. The van der Waals surface area contributed by atoms with Gasteiger partial charge in [0.15, 0.2) is 0 Å². The van der Waals surface area contributed by atoms with E-state index in [-0.39, 0.29) is 18.2 Å². The molecule has 3 aromatic rings. The number of methoxy groups -OCH3 is 1. The molecule has 1 N–H and O–H groups in total. The molecule has 8 heteroatoms. The Hall–Kier alpha value is -3.32. The number of imidazole rings is 1.